The van der Waals surface area contributed by atoms with Crippen LogP contribution in [0.5, 0.6) is 5.75 Å². The second-order valence-corrected chi connectivity index (χ2v) is 11.7. The first kappa shape index (κ1) is 26.1. The third-order valence-corrected chi connectivity index (χ3v) is 8.36. The standard InChI is InChI=1S/C30H36F2N6O/c1-20(2)38-10-11-39-29-24(31)12-22(13-26(29)38)28-25(32)16-34-27(35-28)14-23-5-4-21(15-33-23)17-37-8-6-30(7-9-37)18-36(3)19-30/h4-5,12-13,15-16,20H,6-11,14,17-19H2,1-3H3. The van der Waals surface area contributed by atoms with Gasteiger partial charge in [-0.25, -0.2) is 18.7 Å². The largest absolute Gasteiger partial charge is 0.486 e. The smallest absolute Gasteiger partial charge is 0.178 e. The van der Waals surface area contributed by atoms with Crippen LogP contribution in [-0.2, 0) is 13.0 Å². The second kappa shape index (κ2) is 10.4. The van der Waals surface area contributed by atoms with E-state index in [1.807, 2.05) is 26.1 Å². The van der Waals surface area contributed by atoms with Gasteiger partial charge in [-0.1, -0.05) is 6.07 Å². The molecule has 0 N–H and O–H groups in total. The zero-order valence-electron chi connectivity index (χ0n) is 23.0. The number of pyridine rings is 1. The van der Waals surface area contributed by atoms with Gasteiger partial charge in [0.1, 0.15) is 18.1 Å². The Morgan fingerprint density at radius 2 is 1.79 bits per heavy atom. The van der Waals surface area contributed by atoms with Crippen molar-refractivity contribution in [3.05, 3.63) is 65.4 Å². The zero-order chi connectivity index (χ0) is 27.1. The van der Waals surface area contributed by atoms with Crippen LogP contribution >= 0.6 is 0 Å². The number of halogens is 2. The summed E-state index contributed by atoms with van der Waals surface area (Å²) in [7, 11) is 2.20. The molecule has 3 aliphatic heterocycles. The Hall–Kier alpha value is -3.17. The molecule has 0 aliphatic carbocycles. The van der Waals surface area contributed by atoms with Crippen LogP contribution < -0.4 is 9.64 Å². The normalized spacial score (nSPS) is 19.2. The summed E-state index contributed by atoms with van der Waals surface area (Å²) in [4.78, 5) is 20.3. The van der Waals surface area contributed by atoms with E-state index in [1.54, 1.807) is 6.07 Å². The number of hydrogen-bond donors (Lipinski definition) is 0. The molecule has 3 aromatic rings. The third-order valence-electron chi connectivity index (χ3n) is 8.36. The highest BCUT2D eigenvalue weighted by Crippen LogP contribution is 2.40. The van der Waals surface area contributed by atoms with E-state index in [9.17, 15) is 8.78 Å². The lowest BCUT2D eigenvalue weighted by Crippen LogP contribution is -2.58. The van der Waals surface area contributed by atoms with Crippen LogP contribution in [0.15, 0.2) is 36.7 Å². The Labute approximate surface area is 228 Å². The van der Waals surface area contributed by atoms with Crippen LogP contribution in [-0.4, -0.2) is 77.2 Å². The molecular formula is C30H36F2N6O. The van der Waals surface area contributed by atoms with Crippen molar-refractivity contribution in [2.75, 3.05) is 51.3 Å². The summed E-state index contributed by atoms with van der Waals surface area (Å²) in [6, 6.07) is 7.29. The molecule has 1 spiro atoms. The van der Waals surface area contributed by atoms with Crippen LogP contribution in [0, 0.1) is 17.0 Å². The van der Waals surface area contributed by atoms with Gasteiger partial charge >= 0.3 is 0 Å². The summed E-state index contributed by atoms with van der Waals surface area (Å²) in [6.45, 7) is 10.8. The van der Waals surface area contributed by atoms with E-state index in [0.717, 1.165) is 31.5 Å². The van der Waals surface area contributed by atoms with E-state index in [4.69, 9.17) is 4.74 Å². The van der Waals surface area contributed by atoms with Crippen molar-refractivity contribution in [1.29, 1.82) is 0 Å². The van der Waals surface area contributed by atoms with Crippen LogP contribution in [0.2, 0.25) is 0 Å². The molecule has 0 bridgehead atoms. The van der Waals surface area contributed by atoms with Gasteiger partial charge in [-0.15, -0.1) is 0 Å². The quantitative estimate of drug-likeness (QED) is 0.460. The first-order valence-corrected chi connectivity index (χ1v) is 13.9. The molecule has 0 atom stereocenters. The maximum absolute atomic E-state index is 15.0. The molecule has 2 saturated heterocycles. The van der Waals surface area contributed by atoms with Crippen LogP contribution in [0.3, 0.4) is 0 Å². The fourth-order valence-electron chi connectivity index (χ4n) is 6.34. The molecular weight excluding hydrogens is 498 g/mol. The van der Waals surface area contributed by atoms with Crippen molar-refractivity contribution in [1.82, 2.24) is 24.8 Å². The van der Waals surface area contributed by atoms with Crippen LogP contribution in [0.4, 0.5) is 14.5 Å². The predicted molar refractivity (Wildman–Crippen MR) is 147 cm³/mol. The van der Waals surface area contributed by atoms with Gasteiger partial charge in [0, 0.05) is 43.1 Å². The lowest BCUT2D eigenvalue weighted by Gasteiger charge is -2.53. The fraction of sp³-hybridized carbons (Fsp3) is 0.500. The van der Waals surface area contributed by atoms with Crippen LogP contribution in [0.1, 0.15) is 43.8 Å². The topological polar surface area (TPSA) is 57.6 Å². The van der Waals surface area contributed by atoms with Crippen molar-refractivity contribution in [2.24, 2.45) is 5.41 Å². The van der Waals surface area contributed by atoms with Crippen molar-refractivity contribution >= 4 is 5.69 Å². The Morgan fingerprint density at radius 1 is 1.00 bits per heavy atom. The number of hydrogen-bond acceptors (Lipinski definition) is 7. The summed E-state index contributed by atoms with van der Waals surface area (Å²) in [5.41, 5.74) is 3.60. The average Bonchev–Trinajstić information content (AvgIpc) is 2.91. The highest BCUT2D eigenvalue weighted by atomic mass is 19.1. The Kier molecular flexibility index (Phi) is 6.97. The van der Waals surface area contributed by atoms with E-state index in [2.05, 4.69) is 42.8 Å². The summed E-state index contributed by atoms with van der Waals surface area (Å²) < 4.78 is 35.4. The number of anilines is 1. The van der Waals surface area contributed by atoms with Crippen molar-refractivity contribution in [3.63, 3.8) is 0 Å². The van der Waals surface area contributed by atoms with Crippen molar-refractivity contribution < 1.29 is 13.5 Å². The molecule has 2 fully saturated rings. The van der Waals surface area contributed by atoms with Gasteiger partial charge < -0.3 is 14.5 Å². The van der Waals surface area contributed by atoms with E-state index < -0.39 is 11.6 Å². The van der Waals surface area contributed by atoms with Gasteiger partial charge in [0.05, 0.1) is 24.8 Å². The van der Waals surface area contributed by atoms with E-state index in [1.165, 1.54) is 37.6 Å². The van der Waals surface area contributed by atoms with Crippen molar-refractivity contribution in [3.8, 4) is 17.0 Å². The molecule has 39 heavy (non-hydrogen) atoms. The number of piperidine rings is 1. The number of nitrogens with zero attached hydrogens (tertiary/aromatic N) is 6. The maximum Gasteiger partial charge on any atom is 0.178 e. The number of likely N-dealkylation sites (tertiary alicyclic amines) is 2. The van der Waals surface area contributed by atoms with Crippen molar-refractivity contribution in [2.45, 2.75) is 45.7 Å². The van der Waals surface area contributed by atoms with E-state index in [-0.39, 0.29) is 17.5 Å². The lowest BCUT2D eigenvalue weighted by atomic mass is 9.72. The number of fused-ring (bicyclic) bond motifs is 1. The predicted octanol–water partition coefficient (Wildman–Crippen LogP) is 4.54. The highest BCUT2D eigenvalue weighted by molar-refractivity contribution is 5.72. The van der Waals surface area contributed by atoms with E-state index >= 15 is 0 Å². The minimum Gasteiger partial charge on any atom is -0.486 e. The summed E-state index contributed by atoms with van der Waals surface area (Å²) in [6.07, 6.45) is 5.97. The van der Waals surface area contributed by atoms with Gasteiger partial charge in [-0.2, -0.15) is 0 Å². The molecule has 9 heteroatoms. The molecule has 0 unspecified atom stereocenters. The molecule has 2 aromatic heterocycles. The number of ether oxygens (including phenoxy) is 1. The third kappa shape index (κ3) is 5.34. The SMILES string of the molecule is CC(C)N1CCOc2c(F)cc(-c3nc(Cc4ccc(CN5CCC6(CC5)CN(C)C6)cn4)ncc3F)cc21. The molecule has 5 heterocycles. The van der Waals surface area contributed by atoms with Gasteiger partial charge in [0.15, 0.2) is 17.4 Å². The first-order valence-electron chi connectivity index (χ1n) is 13.9. The highest BCUT2D eigenvalue weighted by Gasteiger charge is 2.42. The molecule has 0 amide bonds. The monoisotopic (exact) mass is 534 g/mol. The Morgan fingerprint density at radius 3 is 2.49 bits per heavy atom. The maximum atomic E-state index is 15.0. The Balaban J connectivity index is 1.15. The van der Waals surface area contributed by atoms with Gasteiger partial charge in [0.2, 0.25) is 0 Å². The fourth-order valence-corrected chi connectivity index (χ4v) is 6.34. The molecule has 0 saturated carbocycles. The van der Waals surface area contributed by atoms with Crippen LogP contribution in [0.25, 0.3) is 11.3 Å². The number of aromatic nitrogens is 3. The summed E-state index contributed by atoms with van der Waals surface area (Å²) in [5.74, 6) is -0.467. The minimum atomic E-state index is -0.592. The van der Waals surface area contributed by atoms with E-state index in [0.29, 0.717) is 42.1 Å². The second-order valence-electron chi connectivity index (χ2n) is 11.7. The Bertz CT molecular complexity index is 1330. The lowest BCUT2D eigenvalue weighted by molar-refractivity contribution is -0.0329. The summed E-state index contributed by atoms with van der Waals surface area (Å²) in [5, 5.41) is 0. The number of benzene rings is 1. The molecule has 206 valence electrons. The van der Waals surface area contributed by atoms with Gasteiger partial charge in [0.25, 0.3) is 0 Å². The van der Waals surface area contributed by atoms with Gasteiger partial charge in [-0.3, -0.25) is 9.88 Å². The minimum absolute atomic E-state index is 0.0770. The first-order chi connectivity index (χ1) is 18.8. The molecule has 3 aliphatic rings. The summed E-state index contributed by atoms with van der Waals surface area (Å²) >= 11 is 0. The molecule has 0 radical (unpaired) electrons. The molecule has 7 nitrogen and oxygen atoms in total. The number of rotatable bonds is 6. The van der Waals surface area contributed by atoms with Gasteiger partial charge in [-0.05, 0) is 76.0 Å². The zero-order valence-corrected chi connectivity index (χ0v) is 23.0. The average molecular weight is 535 g/mol. The molecule has 6 rings (SSSR count). The molecule has 1 aromatic carbocycles.